The van der Waals surface area contributed by atoms with E-state index in [1.807, 2.05) is 32.7 Å². The van der Waals surface area contributed by atoms with Crippen LogP contribution in [0.5, 0.6) is 0 Å². The molecule has 20 heavy (non-hydrogen) atoms. The first kappa shape index (κ1) is 17.0. The first-order valence-corrected chi connectivity index (χ1v) is 7.44. The van der Waals surface area contributed by atoms with Crippen LogP contribution < -0.4 is 5.32 Å². The number of nitrogens with one attached hydrogen (secondary N) is 1. The molecule has 1 heterocycles. The van der Waals surface area contributed by atoms with Crippen molar-refractivity contribution in [2.75, 3.05) is 33.2 Å². The summed E-state index contributed by atoms with van der Waals surface area (Å²) in [7, 11) is 1.81. The summed E-state index contributed by atoms with van der Waals surface area (Å²) in [5.41, 5.74) is -0.232. The van der Waals surface area contributed by atoms with Crippen molar-refractivity contribution in [3.8, 4) is 0 Å². The predicted molar refractivity (Wildman–Crippen MR) is 80.4 cm³/mol. The quantitative estimate of drug-likeness (QED) is 0.840. The maximum atomic E-state index is 12.2. The molecular weight excluding hydrogens is 254 g/mol. The van der Waals surface area contributed by atoms with Gasteiger partial charge in [-0.1, -0.05) is 6.92 Å². The zero-order chi connectivity index (χ0) is 15.3. The highest BCUT2D eigenvalue weighted by Gasteiger charge is 2.22. The average Bonchev–Trinajstić information content (AvgIpc) is 2.25. The number of carbonyl (C=O) groups excluding carboxylic acids is 2. The van der Waals surface area contributed by atoms with Crippen molar-refractivity contribution >= 4 is 11.8 Å². The molecule has 1 aliphatic rings. The van der Waals surface area contributed by atoms with Crippen LogP contribution in [0.25, 0.3) is 0 Å². The van der Waals surface area contributed by atoms with Gasteiger partial charge in [0.25, 0.3) is 0 Å². The van der Waals surface area contributed by atoms with Gasteiger partial charge in [0.1, 0.15) is 0 Å². The van der Waals surface area contributed by atoms with Crippen molar-refractivity contribution in [2.45, 2.75) is 46.1 Å². The molecule has 0 radical (unpaired) electrons. The second-order valence-electron chi connectivity index (χ2n) is 7.06. The minimum Gasteiger partial charge on any atom is -0.350 e. The molecule has 0 aromatic rings. The topological polar surface area (TPSA) is 52.7 Å². The highest BCUT2D eigenvalue weighted by Crippen LogP contribution is 2.15. The van der Waals surface area contributed by atoms with Crippen LogP contribution in [0.4, 0.5) is 0 Å². The van der Waals surface area contributed by atoms with Gasteiger partial charge in [0.05, 0.1) is 13.1 Å². The van der Waals surface area contributed by atoms with Crippen molar-refractivity contribution < 1.29 is 9.59 Å². The van der Waals surface area contributed by atoms with E-state index < -0.39 is 0 Å². The van der Waals surface area contributed by atoms with Crippen LogP contribution in [0.15, 0.2) is 0 Å². The minimum atomic E-state index is -0.232. The molecule has 1 unspecified atom stereocenters. The van der Waals surface area contributed by atoms with Gasteiger partial charge in [-0.25, -0.2) is 0 Å². The summed E-state index contributed by atoms with van der Waals surface area (Å²) in [4.78, 5) is 27.7. The fourth-order valence-electron chi connectivity index (χ4n) is 2.51. The van der Waals surface area contributed by atoms with Crippen molar-refractivity contribution in [2.24, 2.45) is 5.92 Å². The number of nitrogens with zero attached hydrogens (tertiary/aromatic N) is 2. The maximum absolute atomic E-state index is 12.2. The Morgan fingerprint density at radius 3 is 2.50 bits per heavy atom. The van der Waals surface area contributed by atoms with Gasteiger partial charge in [-0.05, 0) is 46.6 Å². The summed E-state index contributed by atoms with van der Waals surface area (Å²) >= 11 is 0. The Balaban J connectivity index is 2.36. The molecule has 116 valence electrons. The van der Waals surface area contributed by atoms with Gasteiger partial charge in [-0.15, -0.1) is 0 Å². The molecule has 0 aliphatic carbocycles. The molecule has 1 N–H and O–H groups in total. The predicted octanol–water partition coefficient (Wildman–Crippen LogP) is 1.09. The molecule has 0 bridgehead atoms. The lowest BCUT2D eigenvalue weighted by atomic mass is 10.0. The largest absolute Gasteiger partial charge is 0.350 e. The number of carbonyl (C=O) groups is 2. The lowest BCUT2D eigenvalue weighted by Gasteiger charge is -2.32. The molecule has 0 aromatic carbocycles. The monoisotopic (exact) mass is 283 g/mol. The highest BCUT2D eigenvalue weighted by atomic mass is 16.2. The normalized spacial score (nSPS) is 20.1. The molecule has 5 heteroatoms. The van der Waals surface area contributed by atoms with Crippen LogP contribution in [0.1, 0.15) is 40.5 Å². The molecule has 1 rings (SSSR count). The van der Waals surface area contributed by atoms with Crippen molar-refractivity contribution in [1.82, 2.24) is 15.1 Å². The van der Waals surface area contributed by atoms with E-state index in [4.69, 9.17) is 0 Å². The van der Waals surface area contributed by atoms with Crippen LogP contribution in [-0.2, 0) is 9.59 Å². The van der Waals surface area contributed by atoms with E-state index in [1.54, 1.807) is 4.90 Å². The Morgan fingerprint density at radius 2 is 1.95 bits per heavy atom. The Bertz CT molecular complexity index is 350. The van der Waals surface area contributed by atoms with Crippen LogP contribution >= 0.6 is 0 Å². The van der Waals surface area contributed by atoms with Crippen molar-refractivity contribution in [3.63, 3.8) is 0 Å². The van der Waals surface area contributed by atoms with Crippen molar-refractivity contribution in [3.05, 3.63) is 0 Å². The first-order chi connectivity index (χ1) is 9.17. The smallest absolute Gasteiger partial charge is 0.236 e. The van der Waals surface area contributed by atoms with Crippen LogP contribution in [-0.4, -0.2) is 60.4 Å². The first-order valence-electron chi connectivity index (χ1n) is 7.44. The fraction of sp³-hybridized carbons (Fsp3) is 0.867. The zero-order valence-corrected chi connectivity index (χ0v) is 13.5. The number of rotatable bonds is 4. The molecule has 1 saturated heterocycles. The number of likely N-dealkylation sites (tertiary alicyclic amines) is 1. The lowest BCUT2D eigenvalue weighted by Crippen LogP contribution is -2.48. The van der Waals surface area contributed by atoms with Crippen LogP contribution in [0, 0.1) is 5.92 Å². The molecule has 0 aromatic heterocycles. The summed E-state index contributed by atoms with van der Waals surface area (Å²) in [6, 6.07) is 0. The number of likely N-dealkylation sites (N-methyl/N-ethyl adjacent to an activating group) is 1. The van der Waals surface area contributed by atoms with E-state index in [2.05, 4.69) is 12.2 Å². The Labute approximate surface area is 122 Å². The second kappa shape index (κ2) is 7.07. The van der Waals surface area contributed by atoms with Gasteiger partial charge in [0.15, 0.2) is 0 Å². The van der Waals surface area contributed by atoms with Crippen molar-refractivity contribution in [1.29, 1.82) is 0 Å². The lowest BCUT2D eigenvalue weighted by molar-refractivity contribution is -0.134. The number of hydrogen-bond acceptors (Lipinski definition) is 3. The Kier molecular flexibility index (Phi) is 5.99. The summed E-state index contributed by atoms with van der Waals surface area (Å²) in [5.74, 6) is 0.671. The maximum Gasteiger partial charge on any atom is 0.236 e. The van der Waals surface area contributed by atoms with E-state index in [1.165, 1.54) is 6.42 Å². The molecule has 1 aliphatic heterocycles. The third-order valence-electron chi connectivity index (χ3n) is 3.34. The standard InChI is InChI=1S/C15H29N3O2/c1-12-7-6-8-18(9-12)14(20)11-17(5)10-13(19)16-15(2,3)4/h12H,6-11H2,1-5H3,(H,16,19). The van der Waals surface area contributed by atoms with E-state index in [0.717, 1.165) is 19.5 Å². The second-order valence-corrected chi connectivity index (χ2v) is 7.06. The highest BCUT2D eigenvalue weighted by molar-refractivity contribution is 5.81. The van der Waals surface area contributed by atoms with E-state index >= 15 is 0 Å². The number of piperidine rings is 1. The molecule has 2 amide bonds. The molecule has 0 spiro atoms. The summed E-state index contributed by atoms with van der Waals surface area (Å²) in [5, 5.41) is 2.90. The third-order valence-corrected chi connectivity index (χ3v) is 3.34. The van der Waals surface area contributed by atoms with E-state index in [9.17, 15) is 9.59 Å². The molecule has 0 saturated carbocycles. The average molecular weight is 283 g/mol. The van der Waals surface area contributed by atoms with Crippen LogP contribution in [0.3, 0.4) is 0 Å². The van der Waals surface area contributed by atoms with E-state index in [0.29, 0.717) is 12.5 Å². The Morgan fingerprint density at radius 1 is 1.30 bits per heavy atom. The Hall–Kier alpha value is -1.10. The molecule has 5 nitrogen and oxygen atoms in total. The van der Waals surface area contributed by atoms with Gasteiger partial charge in [-0.2, -0.15) is 0 Å². The molecule has 1 fully saturated rings. The fourth-order valence-corrected chi connectivity index (χ4v) is 2.51. The van der Waals surface area contributed by atoms with E-state index in [-0.39, 0.29) is 23.9 Å². The van der Waals surface area contributed by atoms with Gasteiger partial charge >= 0.3 is 0 Å². The molecular formula is C15H29N3O2. The van der Waals surface area contributed by atoms with Gasteiger partial charge in [0, 0.05) is 18.6 Å². The van der Waals surface area contributed by atoms with Gasteiger partial charge in [0.2, 0.25) is 11.8 Å². The summed E-state index contributed by atoms with van der Waals surface area (Å²) < 4.78 is 0. The zero-order valence-electron chi connectivity index (χ0n) is 13.5. The SMILES string of the molecule is CC1CCCN(C(=O)CN(C)CC(=O)NC(C)(C)C)C1. The molecule has 1 atom stereocenters. The van der Waals surface area contributed by atoms with Crippen LogP contribution in [0.2, 0.25) is 0 Å². The summed E-state index contributed by atoms with van der Waals surface area (Å²) in [6.07, 6.45) is 2.29. The number of hydrogen-bond donors (Lipinski definition) is 1. The summed E-state index contributed by atoms with van der Waals surface area (Å²) in [6.45, 7) is 10.3. The van der Waals surface area contributed by atoms with Gasteiger partial charge in [-0.3, -0.25) is 14.5 Å². The minimum absolute atomic E-state index is 0.0418. The number of amides is 2. The third kappa shape index (κ3) is 6.37. The van der Waals surface area contributed by atoms with Gasteiger partial charge < -0.3 is 10.2 Å².